The average molecular weight is 567 g/mol. The van der Waals surface area contributed by atoms with Crippen LogP contribution in [0.2, 0.25) is 0 Å². The number of ether oxygens (including phenoxy) is 1. The van der Waals surface area contributed by atoms with E-state index in [-0.39, 0.29) is 12.1 Å². The molecule has 0 saturated heterocycles. The lowest BCUT2D eigenvalue weighted by Gasteiger charge is -2.18. The molecule has 0 aliphatic carbocycles. The van der Waals surface area contributed by atoms with Gasteiger partial charge in [-0.25, -0.2) is 0 Å². The lowest BCUT2D eigenvalue weighted by Crippen LogP contribution is -2.18. The summed E-state index contributed by atoms with van der Waals surface area (Å²) >= 11 is 0. The lowest BCUT2D eigenvalue weighted by molar-refractivity contribution is -0.150. The van der Waals surface area contributed by atoms with E-state index in [1.807, 2.05) is 0 Å². The molecule has 1 N–H and O–H groups in total. The second-order valence-electron chi connectivity index (χ2n) is 12.4. The van der Waals surface area contributed by atoms with Crippen molar-refractivity contribution in [3.8, 4) is 0 Å². The number of unbranched alkanes of at least 4 members (excludes halogenated alkanes) is 24. The van der Waals surface area contributed by atoms with Gasteiger partial charge in [0.25, 0.3) is 0 Å². The van der Waals surface area contributed by atoms with E-state index in [4.69, 9.17) is 9.84 Å². The molecule has 0 heterocycles. The fraction of sp³-hybridized carbons (Fsp3) is 0.944. The highest BCUT2D eigenvalue weighted by molar-refractivity contribution is 5.69. The molecule has 0 spiro atoms. The molecule has 0 saturated carbocycles. The summed E-state index contributed by atoms with van der Waals surface area (Å²) in [6.45, 7) is 4.51. The summed E-state index contributed by atoms with van der Waals surface area (Å²) in [6, 6.07) is 0. The quantitative estimate of drug-likeness (QED) is 0.0633. The molecule has 4 heteroatoms. The van der Waals surface area contributed by atoms with Crippen LogP contribution in [0.4, 0.5) is 0 Å². The van der Waals surface area contributed by atoms with Gasteiger partial charge in [0.05, 0.1) is 0 Å². The number of esters is 1. The van der Waals surface area contributed by atoms with Crippen molar-refractivity contribution in [2.45, 2.75) is 219 Å². The van der Waals surface area contributed by atoms with Crippen molar-refractivity contribution in [2.24, 2.45) is 0 Å². The predicted molar refractivity (Wildman–Crippen MR) is 172 cm³/mol. The number of hydrogen-bond acceptors (Lipinski definition) is 3. The van der Waals surface area contributed by atoms with E-state index in [0.29, 0.717) is 12.8 Å². The zero-order valence-electron chi connectivity index (χ0n) is 27.2. The molecule has 40 heavy (non-hydrogen) atoms. The van der Waals surface area contributed by atoms with Crippen LogP contribution in [0.5, 0.6) is 0 Å². The summed E-state index contributed by atoms with van der Waals surface area (Å²) in [4.78, 5) is 23.0. The van der Waals surface area contributed by atoms with Gasteiger partial charge in [-0.15, -0.1) is 0 Å². The molecule has 0 amide bonds. The molecule has 0 aromatic carbocycles. The van der Waals surface area contributed by atoms with Crippen molar-refractivity contribution in [1.82, 2.24) is 0 Å². The monoisotopic (exact) mass is 567 g/mol. The lowest BCUT2D eigenvalue weighted by atomic mass is 10.0. The molecule has 0 unspecified atom stereocenters. The summed E-state index contributed by atoms with van der Waals surface area (Å²) in [7, 11) is 0. The van der Waals surface area contributed by atoms with E-state index in [1.165, 1.54) is 128 Å². The number of hydrogen-bond donors (Lipinski definition) is 1. The van der Waals surface area contributed by atoms with Crippen molar-refractivity contribution in [2.75, 3.05) is 0 Å². The number of carbonyl (C=O) groups excluding carboxylic acids is 1. The van der Waals surface area contributed by atoms with Gasteiger partial charge in [-0.1, -0.05) is 162 Å². The molecule has 4 nitrogen and oxygen atoms in total. The third kappa shape index (κ3) is 31.5. The maximum absolute atomic E-state index is 12.5. The highest BCUT2D eigenvalue weighted by Gasteiger charge is 2.14. The van der Waals surface area contributed by atoms with E-state index in [9.17, 15) is 9.59 Å². The molecular weight excluding hydrogens is 496 g/mol. The van der Waals surface area contributed by atoms with Crippen LogP contribution >= 0.6 is 0 Å². The Hall–Kier alpha value is -1.06. The third-order valence-electron chi connectivity index (χ3n) is 8.33. The molecule has 0 aliphatic rings. The van der Waals surface area contributed by atoms with Crippen LogP contribution in [0.3, 0.4) is 0 Å². The normalized spacial score (nSPS) is 12.1. The van der Waals surface area contributed by atoms with Crippen LogP contribution in [0.25, 0.3) is 0 Å². The summed E-state index contributed by atoms with van der Waals surface area (Å²) < 4.78 is 5.93. The topological polar surface area (TPSA) is 63.6 Å². The fourth-order valence-electron chi connectivity index (χ4n) is 5.66. The van der Waals surface area contributed by atoms with Gasteiger partial charge in [-0.2, -0.15) is 0 Å². The van der Waals surface area contributed by atoms with Gasteiger partial charge in [0, 0.05) is 12.8 Å². The molecule has 0 aromatic rings. The Morgan fingerprint density at radius 1 is 0.450 bits per heavy atom. The Bertz CT molecular complexity index is 533. The Kier molecular flexibility index (Phi) is 31.6. The summed E-state index contributed by atoms with van der Waals surface area (Å²) in [5.74, 6) is -0.650. The second kappa shape index (κ2) is 32.5. The Morgan fingerprint density at radius 2 is 0.750 bits per heavy atom. The van der Waals surface area contributed by atoms with E-state index in [1.54, 1.807) is 0 Å². The van der Waals surface area contributed by atoms with Crippen LogP contribution in [0.15, 0.2) is 0 Å². The van der Waals surface area contributed by atoms with E-state index < -0.39 is 5.97 Å². The molecule has 0 aliphatic heterocycles. The highest BCUT2D eigenvalue weighted by atomic mass is 16.5. The third-order valence-corrected chi connectivity index (χ3v) is 8.33. The van der Waals surface area contributed by atoms with Crippen LogP contribution in [-0.2, 0) is 14.3 Å². The number of carboxylic acids is 1. The van der Waals surface area contributed by atoms with Gasteiger partial charge < -0.3 is 9.84 Å². The Labute approximate surface area is 250 Å². The van der Waals surface area contributed by atoms with Crippen LogP contribution < -0.4 is 0 Å². The van der Waals surface area contributed by atoms with Gasteiger partial charge in [0.15, 0.2) is 0 Å². The maximum atomic E-state index is 12.5. The van der Waals surface area contributed by atoms with Gasteiger partial charge in [0.2, 0.25) is 0 Å². The Balaban J connectivity index is 3.70. The van der Waals surface area contributed by atoms with Crippen molar-refractivity contribution in [1.29, 1.82) is 0 Å². The van der Waals surface area contributed by atoms with E-state index in [0.717, 1.165) is 57.8 Å². The second-order valence-corrected chi connectivity index (χ2v) is 12.4. The van der Waals surface area contributed by atoms with Crippen molar-refractivity contribution in [3.63, 3.8) is 0 Å². The summed E-state index contributed by atoms with van der Waals surface area (Å²) in [6.07, 6.45) is 37.2. The predicted octanol–water partition coefficient (Wildman–Crippen LogP) is 12.1. The first-order valence-corrected chi connectivity index (χ1v) is 18.0. The maximum Gasteiger partial charge on any atom is 0.306 e. The highest BCUT2D eigenvalue weighted by Crippen LogP contribution is 2.18. The van der Waals surface area contributed by atoms with Crippen molar-refractivity contribution >= 4 is 11.9 Å². The smallest absolute Gasteiger partial charge is 0.306 e. The fourth-order valence-corrected chi connectivity index (χ4v) is 5.66. The van der Waals surface area contributed by atoms with Gasteiger partial charge in [-0.3, -0.25) is 9.59 Å². The minimum atomic E-state index is -0.677. The summed E-state index contributed by atoms with van der Waals surface area (Å²) in [5, 5.41) is 8.68. The largest absolute Gasteiger partial charge is 0.481 e. The van der Waals surface area contributed by atoms with Crippen LogP contribution in [0.1, 0.15) is 213 Å². The minimum absolute atomic E-state index is 0.0269. The number of aliphatic carboxylic acids is 1. The molecule has 0 aromatic heterocycles. The molecule has 0 radical (unpaired) electrons. The molecule has 0 fully saturated rings. The standard InChI is InChI=1S/C36H70O4/c1-3-5-7-8-9-10-11-12-13-14-15-19-22-25-29-33-36(39)40-34(30-26-6-4-2)31-27-23-20-17-16-18-21-24-28-32-35(37)38/h34H,3-33H2,1-2H3,(H,37,38)/t34-/m1/s1. The minimum Gasteiger partial charge on any atom is -0.481 e. The molecular formula is C36H70O4. The first-order valence-electron chi connectivity index (χ1n) is 18.0. The van der Waals surface area contributed by atoms with Crippen LogP contribution in [-0.4, -0.2) is 23.1 Å². The van der Waals surface area contributed by atoms with Gasteiger partial charge in [0.1, 0.15) is 6.10 Å². The van der Waals surface area contributed by atoms with E-state index >= 15 is 0 Å². The van der Waals surface area contributed by atoms with Crippen LogP contribution in [0, 0.1) is 0 Å². The van der Waals surface area contributed by atoms with Gasteiger partial charge >= 0.3 is 11.9 Å². The first-order chi connectivity index (χ1) is 19.6. The summed E-state index contributed by atoms with van der Waals surface area (Å²) in [5.41, 5.74) is 0. The van der Waals surface area contributed by atoms with Crippen molar-refractivity contribution in [3.05, 3.63) is 0 Å². The van der Waals surface area contributed by atoms with Gasteiger partial charge in [-0.05, 0) is 38.5 Å². The number of carbonyl (C=O) groups is 2. The average Bonchev–Trinajstić information content (AvgIpc) is 2.93. The SMILES string of the molecule is CCCCCCCCCCCCCCCCCC(=O)O[C@H](CCCCC)CCCCCCCCCCCC(=O)O. The first kappa shape index (κ1) is 38.9. The number of rotatable bonds is 33. The van der Waals surface area contributed by atoms with E-state index in [2.05, 4.69) is 13.8 Å². The number of carboxylic acid groups (broad SMARTS) is 1. The molecule has 0 bridgehead atoms. The molecule has 238 valence electrons. The molecule has 0 rings (SSSR count). The van der Waals surface area contributed by atoms with Crippen molar-refractivity contribution < 1.29 is 19.4 Å². The Morgan fingerprint density at radius 3 is 1.15 bits per heavy atom. The zero-order chi connectivity index (χ0) is 29.4. The zero-order valence-corrected chi connectivity index (χ0v) is 27.2. The molecule has 1 atom stereocenters.